The second-order valence-corrected chi connectivity index (χ2v) is 6.06. The van der Waals surface area contributed by atoms with Gasteiger partial charge >= 0.3 is 0 Å². The molecule has 1 fully saturated rings. The molecule has 0 unspecified atom stereocenters. The molecule has 1 heterocycles. The van der Waals surface area contributed by atoms with Crippen molar-refractivity contribution in [2.45, 2.75) is 44.3 Å². The average molecular weight is 298 g/mol. The Morgan fingerprint density at radius 2 is 2.18 bits per heavy atom. The summed E-state index contributed by atoms with van der Waals surface area (Å²) in [5.74, 6) is 0.965. The number of hydrogen-bond donors (Lipinski definition) is 2. The first-order valence-electron chi connectivity index (χ1n) is 8.34. The Morgan fingerprint density at radius 3 is 3.00 bits per heavy atom. The van der Waals surface area contributed by atoms with Gasteiger partial charge in [0.15, 0.2) is 0 Å². The minimum Gasteiger partial charge on any atom is -0.496 e. The molecule has 3 rings (SSSR count). The fourth-order valence-electron chi connectivity index (χ4n) is 3.41. The van der Waals surface area contributed by atoms with E-state index in [9.17, 15) is 0 Å². The van der Waals surface area contributed by atoms with E-state index in [1.807, 2.05) is 12.1 Å². The highest BCUT2D eigenvalue weighted by atomic mass is 16.5. The topological polar surface area (TPSA) is 33.3 Å². The second-order valence-electron chi connectivity index (χ2n) is 6.06. The number of piperidine rings is 1. The predicted molar refractivity (Wildman–Crippen MR) is 91.1 cm³/mol. The molecular formula is C19H26N2O. The number of methoxy groups -OCH3 is 1. The normalized spacial score (nSPS) is 24.9. The fraction of sp³-hybridized carbons (Fsp3) is 0.474. The quantitative estimate of drug-likeness (QED) is 0.876. The molecule has 3 nitrogen and oxygen atoms in total. The van der Waals surface area contributed by atoms with Crippen molar-refractivity contribution in [1.82, 2.24) is 10.6 Å². The lowest BCUT2D eigenvalue weighted by atomic mass is 9.89. The van der Waals surface area contributed by atoms with Crippen LogP contribution in [0.3, 0.4) is 0 Å². The highest BCUT2D eigenvalue weighted by Crippen LogP contribution is 2.22. The van der Waals surface area contributed by atoms with Gasteiger partial charge in [-0.25, -0.2) is 0 Å². The molecule has 1 aliphatic carbocycles. The van der Waals surface area contributed by atoms with Crippen LogP contribution in [0.5, 0.6) is 5.75 Å². The molecule has 118 valence electrons. The van der Waals surface area contributed by atoms with Crippen molar-refractivity contribution in [1.29, 1.82) is 0 Å². The molecule has 2 N–H and O–H groups in total. The van der Waals surface area contributed by atoms with E-state index in [4.69, 9.17) is 4.74 Å². The predicted octanol–water partition coefficient (Wildman–Crippen LogP) is 3.18. The smallest absolute Gasteiger partial charge is 0.123 e. The summed E-state index contributed by atoms with van der Waals surface area (Å²) in [6.07, 6.45) is 11.8. The highest BCUT2D eigenvalue weighted by Gasteiger charge is 2.26. The average Bonchev–Trinajstić information content (AvgIpc) is 2.61. The molecule has 22 heavy (non-hydrogen) atoms. The maximum atomic E-state index is 5.45. The Balaban J connectivity index is 1.66. The van der Waals surface area contributed by atoms with Gasteiger partial charge in [-0.15, -0.1) is 0 Å². The molecule has 2 aliphatic rings. The van der Waals surface area contributed by atoms with Gasteiger partial charge in [-0.1, -0.05) is 36.4 Å². The van der Waals surface area contributed by atoms with Gasteiger partial charge in [0.2, 0.25) is 0 Å². The van der Waals surface area contributed by atoms with Gasteiger partial charge in [0.1, 0.15) is 5.75 Å². The Kier molecular flexibility index (Phi) is 5.30. The molecule has 0 spiro atoms. The Morgan fingerprint density at radius 1 is 1.27 bits per heavy atom. The number of rotatable bonds is 5. The van der Waals surface area contributed by atoms with Gasteiger partial charge in [0.25, 0.3) is 0 Å². The Hall–Kier alpha value is -1.58. The highest BCUT2D eigenvalue weighted by molar-refractivity contribution is 5.34. The monoisotopic (exact) mass is 298 g/mol. The van der Waals surface area contributed by atoms with Crippen LogP contribution in [0.2, 0.25) is 0 Å². The lowest BCUT2D eigenvalue weighted by molar-refractivity contribution is 0.327. The van der Waals surface area contributed by atoms with Gasteiger partial charge in [-0.05, 0) is 43.9 Å². The second kappa shape index (κ2) is 7.61. The largest absolute Gasteiger partial charge is 0.496 e. The minimum absolute atomic E-state index is 0.431. The molecule has 0 radical (unpaired) electrons. The zero-order valence-corrected chi connectivity index (χ0v) is 13.3. The van der Waals surface area contributed by atoms with Crippen molar-refractivity contribution in [3.05, 3.63) is 53.6 Å². The summed E-state index contributed by atoms with van der Waals surface area (Å²) in [5, 5.41) is 7.43. The van der Waals surface area contributed by atoms with E-state index in [0.29, 0.717) is 12.1 Å². The van der Waals surface area contributed by atoms with E-state index in [-0.39, 0.29) is 0 Å². The number of hydrogen-bond acceptors (Lipinski definition) is 3. The molecule has 1 saturated heterocycles. The van der Waals surface area contributed by atoms with Crippen molar-refractivity contribution in [2.75, 3.05) is 13.7 Å². The molecule has 3 heteroatoms. The van der Waals surface area contributed by atoms with E-state index in [1.165, 1.54) is 36.8 Å². The summed E-state index contributed by atoms with van der Waals surface area (Å²) in [7, 11) is 1.74. The minimum atomic E-state index is 0.431. The zero-order chi connectivity index (χ0) is 15.2. The van der Waals surface area contributed by atoms with Crippen LogP contribution >= 0.6 is 0 Å². The third-order valence-electron chi connectivity index (χ3n) is 4.59. The number of benzene rings is 1. The van der Waals surface area contributed by atoms with Crippen LogP contribution in [0.15, 0.2) is 48.1 Å². The number of nitrogens with one attached hydrogen (secondary N) is 2. The first kappa shape index (κ1) is 15.3. The van der Waals surface area contributed by atoms with Gasteiger partial charge in [0.05, 0.1) is 7.11 Å². The maximum Gasteiger partial charge on any atom is 0.123 e. The number of ether oxygens (including phenoxy) is 1. The SMILES string of the molecule is COc1ccccc1CN[C@@H]1CCCN[C@@H]1C1=CCCC=C1. The summed E-state index contributed by atoms with van der Waals surface area (Å²) in [5.41, 5.74) is 2.67. The molecule has 0 amide bonds. The van der Waals surface area contributed by atoms with E-state index < -0.39 is 0 Å². The summed E-state index contributed by atoms with van der Waals surface area (Å²) >= 11 is 0. The molecular weight excluding hydrogens is 272 g/mol. The van der Waals surface area contributed by atoms with Crippen molar-refractivity contribution < 1.29 is 4.74 Å². The summed E-state index contributed by atoms with van der Waals surface area (Å²) in [6.45, 7) is 1.96. The van der Waals surface area contributed by atoms with E-state index >= 15 is 0 Å². The zero-order valence-electron chi connectivity index (χ0n) is 13.3. The van der Waals surface area contributed by atoms with Crippen LogP contribution in [0, 0.1) is 0 Å². The Bertz CT molecular complexity index is 550. The van der Waals surface area contributed by atoms with Gasteiger partial charge in [-0.2, -0.15) is 0 Å². The molecule has 0 saturated carbocycles. The van der Waals surface area contributed by atoms with Crippen LogP contribution in [0.4, 0.5) is 0 Å². The van der Waals surface area contributed by atoms with E-state index in [2.05, 4.69) is 41.0 Å². The van der Waals surface area contributed by atoms with Crippen molar-refractivity contribution >= 4 is 0 Å². The molecule has 2 atom stereocenters. The summed E-state index contributed by atoms with van der Waals surface area (Å²) in [6, 6.07) is 9.16. The lowest BCUT2D eigenvalue weighted by Gasteiger charge is -2.35. The fourth-order valence-corrected chi connectivity index (χ4v) is 3.41. The number of para-hydroxylation sites is 1. The van der Waals surface area contributed by atoms with Crippen LogP contribution < -0.4 is 15.4 Å². The first-order valence-corrected chi connectivity index (χ1v) is 8.34. The van der Waals surface area contributed by atoms with Crippen molar-refractivity contribution in [3.63, 3.8) is 0 Å². The van der Waals surface area contributed by atoms with E-state index in [1.54, 1.807) is 7.11 Å². The van der Waals surface area contributed by atoms with Crippen LogP contribution in [-0.4, -0.2) is 25.7 Å². The molecule has 1 aromatic carbocycles. The van der Waals surface area contributed by atoms with Crippen LogP contribution in [0.25, 0.3) is 0 Å². The Labute approximate surface area is 133 Å². The third-order valence-corrected chi connectivity index (χ3v) is 4.59. The standard InChI is InChI=1S/C19H26N2O/c1-22-18-12-6-5-10-16(18)14-21-17-11-7-13-20-19(17)15-8-3-2-4-9-15/h3,5-6,8-10,12,17,19-21H,2,4,7,11,13-14H2,1H3/t17-,19-/m1/s1. The first-order chi connectivity index (χ1) is 10.9. The molecule has 0 bridgehead atoms. The lowest BCUT2D eigenvalue weighted by Crippen LogP contribution is -2.52. The molecule has 1 aliphatic heterocycles. The van der Waals surface area contributed by atoms with Gasteiger partial charge in [-0.3, -0.25) is 0 Å². The molecule has 1 aromatic rings. The van der Waals surface area contributed by atoms with Crippen molar-refractivity contribution in [3.8, 4) is 5.75 Å². The van der Waals surface area contributed by atoms with E-state index in [0.717, 1.165) is 18.8 Å². The van der Waals surface area contributed by atoms with Crippen LogP contribution in [0.1, 0.15) is 31.2 Å². The van der Waals surface area contributed by atoms with Crippen LogP contribution in [-0.2, 0) is 6.54 Å². The number of allylic oxidation sites excluding steroid dienone is 2. The van der Waals surface area contributed by atoms with Gasteiger partial charge in [0, 0.05) is 24.2 Å². The summed E-state index contributed by atoms with van der Waals surface area (Å²) < 4.78 is 5.45. The summed E-state index contributed by atoms with van der Waals surface area (Å²) in [4.78, 5) is 0. The van der Waals surface area contributed by atoms with Gasteiger partial charge < -0.3 is 15.4 Å². The molecule has 0 aromatic heterocycles. The maximum absolute atomic E-state index is 5.45. The van der Waals surface area contributed by atoms with Crippen molar-refractivity contribution in [2.24, 2.45) is 0 Å². The third kappa shape index (κ3) is 3.60.